The van der Waals surface area contributed by atoms with Crippen LogP contribution in [0.3, 0.4) is 0 Å². The van der Waals surface area contributed by atoms with Crippen LogP contribution in [0.25, 0.3) is 11.0 Å². The maximum Gasteiger partial charge on any atom is 0.453 e. The highest BCUT2D eigenvalue weighted by molar-refractivity contribution is 9.10. The van der Waals surface area contributed by atoms with Crippen LogP contribution in [0.2, 0.25) is 0 Å². The lowest BCUT2D eigenvalue weighted by Crippen LogP contribution is -2.15. The number of para-hydroxylation sites is 1. The Morgan fingerprint density at radius 3 is 2.39 bits per heavy atom. The van der Waals surface area contributed by atoms with Crippen LogP contribution in [0.15, 0.2) is 56.1 Å². The van der Waals surface area contributed by atoms with Gasteiger partial charge in [-0.05, 0) is 40.2 Å². The van der Waals surface area contributed by atoms with E-state index in [-0.39, 0.29) is 16.9 Å². The maximum atomic E-state index is 13.5. The summed E-state index contributed by atoms with van der Waals surface area (Å²) in [6, 6.07) is 9.13. The van der Waals surface area contributed by atoms with Crippen LogP contribution in [0.4, 0.5) is 13.2 Å². The average Bonchev–Trinajstić information content (AvgIpc) is 2.56. The number of halogens is 4. The van der Waals surface area contributed by atoms with Crippen molar-refractivity contribution < 1.29 is 34.9 Å². The van der Waals surface area contributed by atoms with E-state index in [1.165, 1.54) is 18.2 Å². The van der Waals surface area contributed by atoms with E-state index in [9.17, 15) is 26.4 Å². The van der Waals surface area contributed by atoms with Gasteiger partial charge >= 0.3 is 16.3 Å². The summed E-state index contributed by atoms with van der Waals surface area (Å²) in [5.74, 6) is -3.01. The summed E-state index contributed by atoms with van der Waals surface area (Å²) in [6.07, 6.45) is -4.28. The largest absolute Gasteiger partial charge is 0.453 e. The molecule has 0 radical (unpaired) electrons. The molecule has 0 atom stereocenters. The Labute approximate surface area is 164 Å². The molecule has 11 heteroatoms. The summed E-state index contributed by atoms with van der Waals surface area (Å²) in [4.78, 5) is 12.6. The van der Waals surface area contributed by atoms with E-state index in [2.05, 4.69) is 20.1 Å². The highest BCUT2D eigenvalue weighted by Gasteiger charge is 2.40. The predicted octanol–water partition coefficient (Wildman–Crippen LogP) is 4.71. The third kappa shape index (κ3) is 4.30. The highest BCUT2D eigenvalue weighted by atomic mass is 79.9. The van der Waals surface area contributed by atoms with Crippen molar-refractivity contribution in [3.63, 3.8) is 0 Å². The van der Waals surface area contributed by atoms with Gasteiger partial charge in [-0.15, -0.1) is 0 Å². The Morgan fingerprint density at radius 1 is 1.11 bits per heavy atom. The van der Waals surface area contributed by atoms with Crippen molar-refractivity contribution >= 4 is 37.0 Å². The normalized spacial score (nSPS) is 12.2. The van der Waals surface area contributed by atoms with Gasteiger partial charge in [0.05, 0.1) is 16.1 Å². The number of benzene rings is 2. The van der Waals surface area contributed by atoms with Crippen LogP contribution in [-0.4, -0.2) is 14.7 Å². The molecule has 1 heterocycles. The third-order valence-corrected chi connectivity index (χ3v) is 4.53. The first-order valence-electron chi connectivity index (χ1n) is 7.45. The van der Waals surface area contributed by atoms with Crippen molar-refractivity contribution in [2.24, 2.45) is 0 Å². The van der Waals surface area contributed by atoms with E-state index < -0.39 is 38.8 Å². The second-order valence-corrected chi connectivity index (χ2v) is 7.99. The molecule has 0 aliphatic rings. The third-order valence-electron chi connectivity index (χ3n) is 3.38. The summed E-state index contributed by atoms with van der Waals surface area (Å²) in [6.45, 7) is 0. The van der Waals surface area contributed by atoms with E-state index in [1.807, 2.05) is 0 Å². The molecule has 148 valence electrons. The van der Waals surface area contributed by atoms with E-state index in [1.54, 1.807) is 6.07 Å². The fourth-order valence-electron chi connectivity index (χ4n) is 2.30. The molecular formula is C17H10BrF3O6S. The van der Waals surface area contributed by atoms with Gasteiger partial charge in [-0.3, -0.25) is 4.79 Å². The zero-order valence-corrected chi connectivity index (χ0v) is 16.3. The first kappa shape index (κ1) is 20.2. The molecular weight excluding hydrogens is 469 g/mol. The minimum atomic E-state index is -5.04. The Balaban J connectivity index is 2.23. The number of rotatable bonds is 4. The Morgan fingerprint density at radius 2 is 1.79 bits per heavy atom. The van der Waals surface area contributed by atoms with Gasteiger partial charge in [0, 0.05) is 6.07 Å². The number of ether oxygens (including phenoxy) is 1. The minimum absolute atomic E-state index is 0.0170. The molecule has 0 saturated heterocycles. The molecule has 3 rings (SSSR count). The van der Waals surface area contributed by atoms with E-state index in [4.69, 9.17) is 9.15 Å². The van der Waals surface area contributed by atoms with Gasteiger partial charge in [0.15, 0.2) is 0 Å². The first-order valence-corrected chi connectivity index (χ1v) is 10.1. The summed E-state index contributed by atoms with van der Waals surface area (Å²) in [5, 5.41) is -0.240. The molecule has 28 heavy (non-hydrogen) atoms. The molecule has 0 amide bonds. The molecule has 0 N–H and O–H groups in total. The average molecular weight is 479 g/mol. The summed E-state index contributed by atoms with van der Waals surface area (Å²) >= 11 is 3.13. The van der Waals surface area contributed by atoms with Gasteiger partial charge in [-0.2, -0.15) is 21.6 Å². The molecule has 0 aliphatic carbocycles. The van der Waals surface area contributed by atoms with Gasteiger partial charge < -0.3 is 13.3 Å². The number of alkyl halides is 3. The quantitative estimate of drug-likeness (QED) is 0.505. The molecule has 0 aliphatic heterocycles. The van der Waals surface area contributed by atoms with Gasteiger partial charge in [0.2, 0.25) is 11.2 Å². The molecule has 1 aromatic heterocycles. The monoisotopic (exact) mass is 478 g/mol. The van der Waals surface area contributed by atoms with Crippen molar-refractivity contribution in [1.82, 2.24) is 0 Å². The number of fused-ring (bicyclic) bond motifs is 1. The van der Waals surface area contributed by atoms with Crippen molar-refractivity contribution in [2.75, 3.05) is 6.26 Å². The topological polar surface area (TPSA) is 82.8 Å². The fraction of sp³-hybridized carbons (Fsp3) is 0.118. The van der Waals surface area contributed by atoms with Crippen molar-refractivity contribution in [3.8, 4) is 17.2 Å². The predicted molar refractivity (Wildman–Crippen MR) is 97.2 cm³/mol. The summed E-state index contributed by atoms with van der Waals surface area (Å²) in [7, 11) is -3.92. The van der Waals surface area contributed by atoms with Crippen LogP contribution in [0, 0.1) is 0 Å². The lowest BCUT2D eigenvalue weighted by Gasteiger charge is -2.14. The zero-order valence-electron chi connectivity index (χ0n) is 13.9. The van der Waals surface area contributed by atoms with Gasteiger partial charge in [0.1, 0.15) is 17.1 Å². The molecule has 0 spiro atoms. The molecule has 6 nitrogen and oxygen atoms in total. The van der Waals surface area contributed by atoms with Crippen molar-refractivity contribution in [1.29, 1.82) is 0 Å². The second kappa shape index (κ2) is 7.13. The zero-order chi connectivity index (χ0) is 20.7. The highest BCUT2D eigenvalue weighted by Crippen LogP contribution is 2.39. The van der Waals surface area contributed by atoms with Crippen LogP contribution >= 0.6 is 15.9 Å². The van der Waals surface area contributed by atoms with E-state index in [0.29, 0.717) is 4.47 Å². The fourth-order valence-corrected chi connectivity index (χ4v) is 3.12. The van der Waals surface area contributed by atoms with E-state index >= 15 is 0 Å². The van der Waals surface area contributed by atoms with Crippen molar-refractivity contribution in [2.45, 2.75) is 6.18 Å². The number of hydrogen-bond donors (Lipinski definition) is 0. The summed E-state index contributed by atoms with van der Waals surface area (Å²) < 4.78 is 77.9. The smallest absolute Gasteiger partial charge is 0.448 e. The Bertz CT molecular complexity index is 1220. The van der Waals surface area contributed by atoms with Gasteiger partial charge in [0.25, 0.3) is 5.76 Å². The molecule has 3 aromatic rings. The van der Waals surface area contributed by atoms with Crippen LogP contribution < -0.4 is 14.3 Å². The molecule has 0 unspecified atom stereocenters. The molecule has 0 saturated carbocycles. The standard InChI is InChI=1S/C17H10BrF3O6S/c1-28(23,24)27-9-6-7-10-13(8-9)26-16(17(19,20)21)15(14(10)22)25-12-5-3-2-4-11(12)18/h2-8H,1H3. The Hall–Kier alpha value is -2.53. The number of hydrogen-bond acceptors (Lipinski definition) is 6. The van der Waals surface area contributed by atoms with Gasteiger partial charge in [-0.1, -0.05) is 12.1 Å². The minimum Gasteiger partial charge on any atom is -0.448 e. The molecule has 0 fully saturated rings. The second-order valence-electron chi connectivity index (χ2n) is 5.57. The van der Waals surface area contributed by atoms with E-state index in [0.717, 1.165) is 24.5 Å². The van der Waals surface area contributed by atoms with Crippen LogP contribution in [0.5, 0.6) is 17.2 Å². The lowest BCUT2D eigenvalue weighted by atomic mass is 10.2. The molecule has 2 aromatic carbocycles. The lowest BCUT2D eigenvalue weighted by molar-refractivity contribution is -0.154. The Kier molecular flexibility index (Phi) is 5.15. The first-order chi connectivity index (χ1) is 13.0. The maximum absolute atomic E-state index is 13.5. The summed E-state index contributed by atoms with van der Waals surface area (Å²) in [5.41, 5.74) is -1.58. The van der Waals surface area contributed by atoms with Crippen LogP contribution in [-0.2, 0) is 16.3 Å². The van der Waals surface area contributed by atoms with Crippen LogP contribution in [0.1, 0.15) is 5.76 Å². The van der Waals surface area contributed by atoms with Crippen molar-refractivity contribution in [3.05, 3.63) is 62.9 Å². The SMILES string of the molecule is CS(=O)(=O)Oc1ccc2c(=O)c(Oc3ccccc3Br)c(C(F)(F)F)oc2c1. The van der Waals surface area contributed by atoms with Gasteiger partial charge in [-0.25, -0.2) is 0 Å². The molecule has 0 bridgehead atoms.